The summed E-state index contributed by atoms with van der Waals surface area (Å²) in [6, 6.07) is 13.5. The summed E-state index contributed by atoms with van der Waals surface area (Å²) in [5.74, 6) is 0.477. The van der Waals surface area contributed by atoms with Crippen molar-refractivity contribution in [1.82, 2.24) is 14.9 Å². The van der Waals surface area contributed by atoms with E-state index in [1.807, 2.05) is 6.07 Å². The van der Waals surface area contributed by atoms with E-state index in [0.717, 1.165) is 0 Å². The predicted octanol–water partition coefficient (Wildman–Crippen LogP) is 2.91. The molecule has 1 heterocycles. The molecule has 0 fully saturated rings. The number of rotatable bonds is 3. The first kappa shape index (κ1) is 16.0. The van der Waals surface area contributed by atoms with Crippen molar-refractivity contribution >= 4 is 34.2 Å². The van der Waals surface area contributed by atoms with E-state index in [0.29, 0.717) is 27.4 Å². The quantitative estimate of drug-likeness (QED) is 0.768. The lowest BCUT2D eigenvalue weighted by Gasteiger charge is -2.11. The highest BCUT2D eigenvalue weighted by Gasteiger charge is 2.09. The Hall–Kier alpha value is -2.86. The van der Waals surface area contributed by atoms with Crippen LogP contribution < -0.4 is 16.2 Å². The molecule has 0 bridgehead atoms. The number of fused-ring (bicyclic) bond motifs is 1. The number of carbonyl (C=O) groups is 1. The lowest BCUT2D eigenvalue weighted by molar-refractivity contribution is 0.251. The Morgan fingerprint density at radius 3 is 2.62 bits per heavy atom. The normalized spacial score (nSPS) is 10.6. The highest BCUT2D eigenvalue weighted by molar-refractivity contribution is 6.30. The Morgan fingerprint density at radius 1 is 1.17 bits per heavy atom. The zero-order valence-corrected chi connectivity index (χ0v) is 13.7. The first-order valence-corrected chi connectivity index (χ1v) is 7.67. The molecule has 0 aliphatic heterocycles. The van der Waals surface area contributed by atoms with Gasteiger partial charge in [-0.1, -0.05) is 23.7 Å². The van der Waals surface area contributed by atoms with Gasteiger partial charge in [-0.25, -0.2) is 9.78 Å². The smallest absolute Gasteiger partial charge is 0.319 e. The Kier molecular flexibility index (Phi) is 4.48. The number of benzene rings is 2. The molecule has 0 spiro atoms. The van der Waals surface area contributed by atoms with Crippen molar-refractivity contribution in [2.24, 2.45) is 7.05 Å². The van der Waals surface area contributed by atoms with Crippen LogP contribution in [0.4, 0.5) is 10.5 Å². The molecular formula is C17H15ClN4O2. The Balaban J connectivity index is 1.73. The molecule has 6 nitrogen and oxygen atoms in total. The van der Waals surface area contributed by atoms with E-state index in [1.54, 1.807) is 49.5 Å². The van der Waals surface area contributed by atoms with Gasteiger partial charge < -0.3 is 10.6 Å². The second-order valence-corrected chi connectivity index (χ2v) is 5.66. The molecule has 2 aromatic carbocycles. The molecule has 24 heavy (non-hydrogen) atoms. The third kappa shape index (κ3) is 3.38. The second kappa shape index (κ2) is 6.72. The van der Waals surface area contributed by atoms with Crippen molar-refractivity contribution in [2.75, 3.05) is 5.32 Å². The summed E-state index contributed by atoms with van der Waals surface area (Å²) in [6.45, 7) is 0.135. The van der Waals surface area contributed by atoms with Gasteiger partial charge >= 0.3 is 6.03 Å². The maximum Gasteiger partial charge on any atom is 0.319 e. The number of nitrogens with one attached hydrogen (secondary N) is 2. The van der Waals surface area contributed by atoms with Gasteiger partial charge in [0.1, 0.15) is 5.82 Å². The standard InChI is InChI=1S/C17H15ClN4O2/c1-22-15(21-14-5-3-2-4-13(14)16(22)23)10-19-17(24)20-12-8-6-11(18)7-9-12/h2-9H,10H2,1H3,(H2,19,20,24). The molecule has 0 radical (unpaired) electrons. The average Bonchev–Trinajstić information content (AvgIpc) is 2.59. The Labute approximate surface area is 143 Å². The first-order chi connectivity index (χ1) is 11.5. The third-order valence-electron chi connectivity index (χ3n) is 3.58. The van der Waals surface area contributed by atoms with E-state index in [4.69, 9.17) is 11.6 Å². The van der Waals surface area contributed by atoms with Gasteiger partial charge in [0.15, 0.2) is 0 Å². The number of para-hydroxylation sites is 1. The molecule has 2 amide bonds. The van der Waals surface area contributed by atoms with Crippen molar-refractivity contribution in [3.63, 3.8) is 0 Å². The molecule has 3 aromatic rings. The lowest BCUT2D eigenvalue weighted by Crippen LogP contribution is -2.32. The number of anilines is 1. The highest BCUT2D eigenvalue weighted by atomic mass is 35.5. The molecule has 0 aliphatic rings. The number of nitrogens with zero attached hydrogens (tertiary/aromatic N) is 2. The fourth-order valence-electron chi connectivity index (χ4n) is 2.29. The SMILES string of the molecule is Cn1c(CNC(=O)Nc2ccc(Cl)cc2)nc2ccccc2c1=O. The Bertz CT molecular complexity index is 951. The van der Waals surface area contributed by atoms with Gasteiger partial charge in [0.25, 0.3) is 5.56 Å². The van der Waals surface area contributed by atoms with Crippen LogP contribution >= 0.6 is 11.6 Å². The summed E-state index contributed by atoms with van der Waals surface area (Å²) in [7, 11) is 1.63. The van der Waals surface area contributed by atoms with Crippen LogP contribution in [0.3, 0.4) is 0 Å². The van der Waals surface area contributed by atoms with Gasteiger partial charge in [0.2, 0.25) is 0 Å². The van der Waals surface area contributed by atoms with Crippen LogP contribution in [0.5, 0.6) is 0 Å². The van der Waals surface area contributed by atoms with Crippen molar-refractivity contribution in [1.29, 1.82) is 0 Å². The molecule has 2 N–H and O–H groups in total. The monoisotopic (exact) mass is 342 g/mol. The molecule has 0 saturated heterocycles. The van der Waals surface area contributed by atoms with Gasteiger partial charge in [-0.05, 0) is 36.4 Å². The fraction of sp³-hybridized carbons (Fsp3) is 0.118. The van der Waals surface area contributed by atoms with Crippen LogP contribution in [-0.2, 0) is 13.6 Å². The van der Waals surface area contributed by atoms with Gasteiger partial charge in [-0.3, -0.25) is 9.36 Å². The molecule has 3 rings (SSSR count). The number of amides is 2. The number of carbonyl (C=O) groups excluding carboxylic acids is 1. The summed E-state index contributed by atoms with van der Waals surface area (Å²) < 4.78 is 1.44. The minimum Gasteiger partial charge on any atom is -0.331 e. The van der Waals surface area contributed by atoms with Crippen LogP contribution in [0.15, 0.2) is 53.3 Å². The summed E-state index contributed by atoms with van der Waals surface area (Å²) in [5.41, 5.74) is 1.09. The van der Waals surface area contributed by atoms with Crippen LogP contribution in [0, 0.1) is 0 Å². The van der Waals surface area contributed by atoms with E-state index in [2.05, 4.69) is 15.6 Å². The van der Waals surface area contributed by atoms with E-state index in [1.165, 1.54) is 4.57 Å². The maximum absolute atomic E-state index is 12.3. The molecule has 0 saturated carbocycles. The maximum atomic E-state index is 12.3. The molecule has 0 atom stereocenters. The van der Waals surface area contributed by atoms with Crippen molar-refractivity contribution in [2.45, 2.75) is 6.54 Å². The number of aromatic nitrogens is 2. The predicted molar refractivity (Wildman–Crippen MR) is 94.3 cm³/mol. The highest BCUT2D eigenvalue weighted by Crippen LogP contribution is 2.13. The van der Waals surface area contributed by atoms with Crippen molar-refractivity contribution in [3.05, 3.63) is 69.7 Å². The van der Waals surface area contributed by atoms with E-state index < -0.39 is 0 Å². The molecule has 1 aromatic heterocycles. The molecular weight excluding hydrogens is 328 g/mol. The number of halogens is 1. The summed E-state index contributed by atoms with van der Waals surface area (Å²) in [6.07, 6.45) is 0. The van der Waals surface area contributed by atoms with Crippen LogP contribution in [-0.4, -0.2) is 15.6 Å². The summed E-state index contributed by atoms with van der Waals surface area (Å²) in [4.78, 5) is 28.7. The van der Waals surface area contributed by atoms with Crippen LogP contribution in [0.1, 0.15) is 5.82 Å². The van der Waals surface area contributed by atoms with E-state index in [-0.39, 0.29) is 18.1 Å². The topological polar surface area (TPSA) is 76.0 Å². The van der Waals surface area contributed by atoms with Crippen LogP contribution in [0.25, 0.3) is 10.9 Å². The zero-order valence-electron chi connectivity index (χ0n) is 12.9. The number of urea groups is 1. The summed E-state index contributed by atoms with van der Waals surface area (Å²) in [5, 5.41) is 6.52. The molecule has 0 unspecified atom stereocenters. The van der Waals surface area contributed by atoms with Crippen molar-refractivity contribution < 1.29 is 4.79 Å². The van der Waals surface area contributed by atoms with E-state index >= 15 is 0 Å². The lowest BCUT2D eigenvalue weighted by atomic mass is 10.2. The molecule has 7 heteroatoms. The second-order valence-electron chi connectivity index (χ2n) is 5.22. The first-order valence-electron chi connectivity index (χ1n) is 7.29. The molecule has 122 valence electrons. The minimum absolute atomic E-state index is 0.135. The van der Waals surface area contributed by atoms with Gasteiger partial charge in [0, 0.05) is 17.8 Å². The van der Waals surface area contributed by atoms with Gasteiger partial charge in [0.05, 0.1) is 17.4 Å². The van der Waals surface area contributed by atoms with Crippen molar-refractivity contribution in [3.8, 4) is 0 Å². The number of hydrogen-bond donors (Lipinski definition) is 2. The largest absolute Gasteiger partial charge is 0.331 e. The fourth-order valence-corrected chi connectivity index (χ4v) is 2.42. The van der Waals surface area contributed by atoms with E-state index in [9.17, 15) is 9.59 Å². The Morgan fingerprint density at radius 2 is 1.88 bits per heavy atom. The average molecular weight is 343 g/mol. The van der Waals surface area contributed by atoms with Crippen LogP contribution in [0.2, 0.25) is 5.02 Å². The third-order valence-corrected chi connectivity index (χ3v) is 3.84. The molecule has 0 aliphatic carbocycles. The zero-order chi connectivity index (χ0) is 17.1. The number of hydrogen-bond acceptors (Lipinski definition) is 3. The van der Waals surface area contributed by atoms with Gasteiger partial charge in [-0.15, -0.1) is 0 Å². The van der Waals surface area contributed by atoms with Gasteiger partial charge in [-0.2, -0.15) is 0 Å². The summed E-state index contributed by atoms with van der Waals surface area (Å²) >= 11 is 5.80. The minimum atomic E-state index is -0.389.